The van der Waals surface area contributed by atoms with E-state index in [2.05, 4.69) is 5.32 Å². The normalized spacial score (nSPS) is 18.0. The number of carbonyl (C=O) groups is 2. The minimum absolute atomic E-state index is 0.0375. The van der Waals surface area contributed by atoms with Crippen molar-refractivity contribution in [3.05, 3.63) is 18.2 Å². The molecule has 1 heterocycles. The van der Waals surface area contributed by atoms with Crippen molar-refractivity contribution < 1.29 is 23.8 Å². The van der Waals surface area contributed by atoms with Crippen LogP contribution in [-0.4, -0.2) is 31.2 Å². The average molecular weight is 305 g/mol. The molecule has 22 heavy (non-hydrogen) atoms. The summed E-state index contributed by atoms with van der Waals surface area (Å²) in [6.07, 6.45) is 1.95. The lowest BCUT2D eigenvalue weighted by Gasteiger charge is -2.25. The summed E-state index contributed by atoms with van der Waals surface area (Å²) < 4.78 is 16.1. The number of benzene rings is 1. The topological polar surface area (TPSA) is 73.9 Å². The first-order valence-corrected chi connectivity index (χ1v) is 7.54. The number of carbonyl (C=O) groups excluding carboxylic acids is 2. The van der Waals surface area contributed by atoms with Crippen LogP contribution < -0.4 is 14.8 Å². The Morgan fingerprint density at radius 1 is 1.23 bits per heavy atom. The molecule has 0 bridgehead atoms. The van der Waals surface area contributed by atoms with Crippen LogP contribution >= 0.6 is 0 Å². The zero-order chi connectivity index (χ0) is 15.5. The van der Waals surface area contributed by atoms with Gasteiger partial charge in [-0.1, -0.05) is 6.42 Å². The van der Waals surface area contributed by atoms with E-state index in [1.807, 2.05) is 0 Å². The second-order valence-electron chi connectivity index (χ2n) is 5.55. The molecule has 0 unspecified atom stereocenters. The summed E-state index contributed by atoms with van der Waals surface area (Å²) in [5.74, 6) is 0.585. The molecule has 118 valence electrons. The van der Waals surface area contributed by atoms with Crippen LogP contribution in [0.15, 0.2) is 18.2 Å². The molecule has 1 aliphatic heterocycles. The van der Waals surface area contributed by atoms with E-state index in [0.717, 1.165) is 19.3 Å². The van der Waals surface area contributed by atoms with Crippen molar-refractivity contribution in [3.63, 3.8) is 0 Å². The minimum Gasteiger partial charge on any atom is -0.486 e. The standard InChI is InChI=1S/C16H19NO5/c1-10(22-16(19)11-3-2-4-11)15(18)17-12-5-6-13-14(9-12)21-8-7-20-13/h5-6,9-11H,2-4,7-8H2,1H3,(H,17,18)/t10-/m0/s1. The van der Waals surface area contributed by atoms with E-state index in [9.17, 15) is 9.59 Å². The largest absolute Gasteiger partial charge is 0.486 e. The Balaban J connectivity index is 1.57. The second-order valence-corrected chi connectivity index (χ2v) is 5.55. The maximum Gasteiger partial charge on any atom is 0.309 e. The van der Waals surface area contributed by atoms with Gasteiger partial charge in [0.1, 0.15) is 13.2 Å². The summed E-state index contributed by atoms with van der Waals surface area (Å²) >= 11 is 0. The molecule has 1 fully saturated rings. The van der Waals surface area contributed by atoms with Crippen LogP contribution in [0.25, 0.3) is 0 Å². The van der Waals surface area contributed by atoms with Crippen LogP contribution in [0, 0.1) is 5.92 Å². The number of hydrogen-bond acceptors (Lipinski definition) is 5. The van der Waals surface area contributed by atoms with Crippen molar-refractivity contribution in [2.45, 2.75) is 32.3 Å². The zero-order valence-corrected chi connectivity index (χ0v) is 12.5. The third kappa shape index (κ3) is 3.16. The van der Waals surface area contributed by atoms with Crippen LogP contribution in [0.1, 0.15) is 26.2 Å². The maximum absolute atomic E-state index is 12.1. The molecule has 1 N–H and O–H groups in total. The Hall–Kier alpha value is -2.24. The van der Waals surface area contributed by atoms with Gasteiger partial charge in [0.05, 0.1) is 5.92 Å². The van der Waals surface area contributed by atoms with Gasteiger partial charge in [-0.2, -0.15) is 0 Å². The van der Waals surface area contributed by atoms with E-state index in [1.165, 1.54) is 0 Å². The summed E-state index contributed by atoms with van der Waals surface area (Å²) in [5.41, 5.74) is 0.584. The van der Waals surface area contributed by atoms with Crippen molar-refractivity contribution in [1.29, 1.82) is 0 Å². The Bertz CT molecular complexity index is 582. The molecule has 6 heteroatoms. The van der Waals surface area contributed by atoms with Gasteiger partial charge in [0.25, 0.3) is 5.91 Å². The predicted octanol–water partition coefficient (Wildman–Crippen LogP) is 2.13. The molecule has 0 spiro atoms. The van der Waals surface area contributed by atoms with Gasteiger partial charge in [-0.25, -0.2) is 0 Å². The highest BCUT2D eigenvalue weighted by Gasteiger charge is 2.29. The molecular formula is C16H19NO5. The molecular weight excluding hydrogens is 286 g/mol. The van der Waals surface area contributed by atoms with Crippen LogP contribution in [0.4, 0.5) is 5.69 Å². The monoisotopic (exact) mass is 305 g/mol. The lowest BCUT2D eigenvalue weighted by molar-refractivity contribution is -0.159. The van der Waals surface area contributed by atoms with E-state index in [1.54, 1.807) is 25.1 Å². The fraction of sp³-hybridized carbons (Fsp3) is 0.500. The van der Waals surface area contributed by atoms with E-state index >= 15 is 0 Å². The van der Waals surface area contributed by atoms with Gasteiger partial charge >= 0.3 is 5.97 Å². The highest BCUT2D eigenvalue weighted by molar-refractivity contribution is 5.95. The number of fused-ring (bicyclic) bond motifs is 1. The van der Waals surface area contributed by atoms with Gasteiger partial charge in [0.15, 0.2) is 17.6 Å². The van der Waals surface area contributed by atoms with Crippen LogP contribution in [0.5, 0.6) is 11.5 Å². The zero-order valence-electron chi connectivity index (χ0n) is 12.5. The molecule has 3 rings (SSSR count). The smallest absolute Gasteiger partial charge is 0.309 e. The van der Waals surface area contributed by atoms with E-state index in [-0.39, 0.29) is 17.8 Å². The van der Waals surface area contributed by atoms with Gasteiger partial charge in [-0.15, -0.1) is 0 Å². The average Bonchev–Trinajstić information content (AvgIpc) is 2.45. The quantitative estimate of drug-likeness (QED) is 0.863. The Morgan fingerprint density at radius 3 is 2.64 bits per heavy atom. The van der Waals surface area contributed by atoms with E-state index < -0.39 is 6.10 Å². The number of esters is 1. The van der Waals surface area contributed by atoms with Crippen molar-refractivity contribution in [2.24, 2.45) is 5.92 Å². The second kappa shape index (κ2) is 6.25. The Morgan fingerprint density at radius 2 is 1.95 bits per heavy atom. The molecule has 1 amide bonds. The van der Waals surface area contributed by atoms with Gasteiger partial charge in [0.2, 0.25) is 0 Å². The molecule has 1 atom stereocenters. The molecule has 1 aromatic carbocycles. The van der Waals surface area contributed by atoms with Gasteiger partial charge in [0, 0.05) is 11.8 Å². The number of ether oxygens (including phenoxy) is 3. The number of amides is 1. The van der Waals surface area contributed by atoms with E-state index in [0.29, 0.717) is 30.4 Å². The highest BCUT2D eigenvalue weighted by atomic mass is 16.6. The number of rotatable bonds is 4. The molecule has 0 saturated heterocycles. The minimum atomic E-state index is -0.818. The van der Waals surface area contributed by atoms with Gasteiger partial charge in [-0.3, -0.25) is 9.59 Å². The Kier molecular flexibility index (Phi) is 4.18. The first-order chi connectivity index (χ1) is 10.6. The van der Waals surface area contributed by atoms with Crippen molar-refractivity contribution in [1.82, 2.24) is 0 Å². The van der Waals surface area contributed by atoms with E-state index in [4.69, 9.17) is 14.2 Å². The van der Waals surface area contributed by atoms with Gasteiger partial charge in [-0.05, 0) is 31.9 Å². The Labute approximate surface area is 128 Å². The lowest BCUT2D eigenvalue weighted by atomic mass is 9.86. The summed E-state index contributed by atoms with van der Waals surface area (Å²) in [4.78, 5) is 23.8. The third-order valence-corrected chi connectivity index (χ3v) is 3.91. The van der Waals surface area contributed by atoms with Crippen LogP contribution in [0.3, 0.4) is 0 Å². The SMILES string of the molecule is C[C@H](OC(=O)C1CCC1)C(=O)Nc1ccc2c(c1)OCCO2. The lowest BCUT2D eigenvalue weighted by Crippen LogP contribution is -2.34. The fourth-order valence-electron chi connectivity index (χ4n) is 2.33. The number of hydrogen-bond donors (Lipinski definition) is 1. The van der Waals surface area contributed by atoms with Crippen LogP contribution in [-0.2, 0) is 14.3 Å². The van der Waals surface area contributed by atoms with Crippen molar-refractivity contribution >= 4 is 17.6 Å². The predicted molar refractivity (Wildman–Crippen MR) is 79.0 cm³/mol. The summed E-state index contributed by atoms with van der Waals surface area (Å²) in [7, 11) is 0. The molecule has 1 aromatic rings. The van der Waals surface area contributed by atoms with Crippen molar-refractivity contribution in [2.75, 3.05) is 18.5 Å². The first-order valence-electron chi connectivity index (χ1n) is 7.54. The third-order valence-electron chi connectivity index (χ3n) is 3.91. The molecule has 6 nitrogen and oxygen atoms in total. The summed E-state index contributed by atoms with van der Waals surface area (Å²) in [5, 5.41) is 2.72. The van der Waals surface area contributed by atoms with Crippen LogP contribution in [0.2, 0.25) is 0 Å². The van der Waals surface area contributed by atoms with Gasteiger partial charge < -0.3 is 19.5 Å². The summed E-state index contributed by atoms with van der Waals surface area (Å²) in [6.45, 7) is 2.58. The molecule has 1 saturated carbocycles. The molecule has 2 aliphatic rings. The van der Waals surface area contributed by atoms with Crippen molar-refractivity contribution in [3.8, 4) is 11.5 Å². The number of anilines is 1. The summed E-state index contributed by atoms with van der Waals surface area (Å²) in [6, 6.07) is 5.17. The maximum atomic E-state index is 12.1. The fourth-order valence-corrected chi connectivity index (χ4v) is 2.33. The first kappa shape index (κ1) is 14.7. The molecule has 1 aliphatic carbocycles. The highest BCUT2D eigenvalue weighted by Crippen LogP contribution is 2.32. The number of nitrogens with one attached hydrogen (secondary N) is 1. The molecule has 0 aromatic heterocycles. The molecule has 0 radical (unpaired) electrons.